The minimum absolute atomic E-state index is 0.0579. The molecule has 1 aromatic heterocycles. The fraction of sp³-hybridized carbons (Fsp3) is 0.118. The number of H-pyrrole nitrogens is 1. The van der Waals surface area contributed by atoms with Gasteiger partial charge in [0.2, 0.25) is 0 Å². The maximum Gasteiger partial charge on any atom is 0.303 e. The summed E-state index contributed by atoms with van der Waals surface area (Å²) in [7, 11) is 0. The van der Waals surface area contributed by atoms with E-state index >= 15 is 0 Å². The van der Waals surface area contributed by atoms with Crippen LogP contribution in [0.3, 0.4) is 0 Å². The molecule has 3 aromatic rings. The van der Waals surface area contributed by atoms with E-state index in [1.165, 1.54) is 24.3 Å². The van der Waals surface area contributed by atoms with E-state index in [1.54, 1.807) is 18.2 Å². The second kappa shape index (κ2) is 5.60. The van der Waals surface area contributed by atoms with Gasteiger partial charge in [-0.1, -0.05) is 0 Å². The topological polar surface area (TPSA) is 53.1 Å². The van der Waals surface area contributed by atoms with Crippen molar-refractivity contribution in [3.63, 3.8) is 0 Å². The van der Waals surface area contributed by atoms with Crippen molar-refractivity contribution >= 4 is 16.9 Å². The van der Waals surface area contributed by atoms with Gasteiger partial charge in [-0.15, -0.1) is 0 Å². The Labute approximate surface area is 125 Å². The van der Waals surface area contributed by atoms with E-state index in [0.717, 1.165) is 16.6 Å². The average Bonchev–Trinajstić information content (AvgIpc) is 2.83. The number of benzene rings is 2. The standard InChI is InChI=1S/C17H13F2NO2/c18-11-3-1-10(2-4-11)17-13(6-8-16(21)22)14-9-12(19)5-7-15(14)20-17/h1-5,7,9,20H,6,8H2,(H,21,22). The smallest absolute Gasteiger partial charge is 0.303 e. The summed E-state index contributed by atoms with van der Waals surface area (Å²) in [6, 6.07) is 10.2. The zero-order valence-corrected chi connectivity index (χ0v) is 11.6. The van der Waals surface area contributed by atoms with Gasteiger partial charge in [-0.25, -0.2) is 8.78 Å². The summed E-state index contributed by atoms with van der Waals surface area (Å²) in [5, 5.41) is 9.56. The third kappa shape index (κ3) is 2.70. The highest BCUT2D eigenvalue weighted by Gasteiger charge is 2.15. The number of hydrogen-bond donors (Lipinski definition) is 2. The lowest BCUT2D eigenvalue weighted by Gasteiger charge is -2.04. The van der Waals surface area contributed by atoms with E-state index in [2.05, 4.69) is 4.98 Å². The highest BCUT2D eigenvalue weighted by molar-refractivity contribution is 5.91. The van der Waals surface area contributed by atoms with Gasteiger partial charge in [0, 0.05) is 23.0 Å². The van der Waals surface area contributed by atoms with Gasteiger partial charge in [0.05, 0.1) is 0 Å². The Balaban J connectivity index is 2.16. The quantitative estimate of drug-likeness (QED) is 0.761. The van der Waals surface area contributed by atoms with Crippen molar-refractivity contribution in [2.75, 3.05) is 0 Å². The number of fused-ring (bicyclic) bond motifs is 1. The van der Waals surface area contributed by atoms with Gasteiger partial charge in [0.25, 0.3) is 0 Å². The Kier molecular flexibility index (Phi) is 3.63. The van der Waals surface area contributed by atoms with Crippen molar-refractivity contribution in [3.05, 3.63) is 59.7 Å². The average molecular weight is 301 g/mol. The molecule has 0 saturated carbocycles. The lowest BCUT2D eigenvalue weighted by atomic mass is 10.0. The van der Waals surface area contributed by atoms with Crippen LogP contribution in [0.1, 0.15) is 12.0 Å². The van der Waals surface area contributed by atoms with Gasteiger partial charge < -0.3 is 10.1 Å². The summed E-state index contributed by atoms with van der Waals surface area (Å²) in [4.78, 5) is 14.0. The second-order valence-electron chi connectivity index (χ2n) is 5.07. The number of aryl methyl sites for hydroxylation is 1. The minimum atomic E-state index is -0.921. The molecular weight excluding hydrogens is 288 g/mol. The third-order valence-electron chi connectivity index (χ3n) is 3.59. The first-order valence-electron chi connectivity index (χ1n) is 6.82. The molecule has 1 heterocycles. The second-order valence-corrected chi connectivity index (χ2v) is 5.07. The zero-order chi connectivity index (χ0) is 15.7. The Morgan fingerprint density at radius 2 is 1.73 bits per heavy atom. The van der Waals surface area contributed by atoms with E-state index in [0.29, 0.717) is 11.1 Å². The first kappa shape index (κ1) is 14.3. The molecule has 3 nitrogen and oxygen atoms in total. The van der Waals surface area contributed by atoms with Gasteiger partial charge in [0.1, 0.15) is 11.6 Å². The van der Waals surface area contributed by atoms with Gasteiger partial charge in [0.15, 0.2) is 0 Å². The highest BCUT2D eigenvalue weighted by Crippen LogP contribution is 2.32. The number of rotatable bonds is 4. The number of aromatic amines is 1. The monoisotopic (exact) mass is 301 g/mol. The molecule has 0 atom stereocenters. The molecule has 0 saturated heterocycles. The van der Waals surface area contributed by atoms with Crippen molar-refractivity contribution < 1.29 is 18.7 Å². The Bertz CT molecular complexity index is 838. The molecule has 0 aliphatic carbocycles. The normalized spacial score (nSPS) is 11.0. The molecule has 0 bridgehead atoms. The van der Waals surface area contributed by atoms with Crippen LogP contribution in [-0.4, -0.2) is 16.1 Å². The van der Waals surface area contributed by atoms with Gasteiger partial charge in [-0.2, -0.15) is 0 Å². The van der Waals surface area contributed by atoms with Crippen LogP contribution in [0.5, 0.6) is 0 Å². The van der Waals surface area contributed by atoms with Crippen LogP contribution in [0.25, 0.3) is 22.2 Å². The van der Waals surface area contributed by atoms with E-state index in [4.69, 9.17) is 5.11 Å². The highest BCUT2D eigenvalue weighted by atomic mass is 19.1. The molecule has 2 aromatic carbocycles. The van der Waals surface area contributed by atoms with Crippen molar-refractivity contribution in [1.82, 2.24) is 4.98 Å². The molecule has 2 N–H and O–H groups in total. The predicted molar refractivity (Wildman–Crippen MR) is 79.6 cm³/mol. The minimum Gasteiger partial charge on any atom is -0.481 e. The Morgan fingerprint density at radius 3 is 2.41 bits per heavy atom. The molecular formula is C17H13F2NO2. The number of aromatic nitrogens is 1. The van der Waals surface area contributed by atoms with Crippen LogP contribution >= 0.6 is 0 Å². The number of aliphatic carboxylic acids is 1. The third-order valence-corrected chi connectivity index (χ3v) is 3.59. The number of halogens is 2. The van der Waals surface area contributed by atoms with Gasteiger partial charge >= 0.3 is 5.97 Å². The maximum absolute atomic E-state index is 13.5. The first-order chi connectivity index (χ1) is 10.5. The summed E-state index contributed by atoms with van der Waals surface area (Å²) in [5.41, 5.74) is 2.88. The molecule has 0 spiro atoms. The first-order valence-corrected chi connectivity index (χ1v) is 6.82. The largest absolute Gasteiger partial charge is 0.481 e. The summed E-state index contributed by atoms with van der Waals surface area (Å²) in [6.07, 6.45) is 0.211. The number of nitrogens with one attached hydrogen (secondary N) is 1. The maximum atomic E-state index is 13.5. The van der Waals surface area contributed by atoms with Gasteiger partial charge in [-0.3, -0.25) is 4.79 Å². The van der Waals surface area contributed by atoms with Crippen molar-refractivity contribution in [1.29, 1.82) is 0 Å². The van der Waals surface area contributed by atoms with Crippen LogP contribution in [0, 0.1) is 11.6 Å². The molecule has 0 aliphatic heterocycles. The van der Waals surface area contributed by atoms with Crippen LogP contribution in [0.15, 0.2) is 42.5 Å². The van der Waals surface area contributed by atoms with Crippen molar-refractivity contribution in [2.24, 2.45) is 0 Å². The van der Waals surface area contributed by atoms with Crippen LogP contribution in [0.2, 0.25) is 0 Å². The Morgan fingerprint density at radius 1 is 1.05 bits per heavy atom. The lowest BCUT2D eigenvalue weighted by molar-refractivity contribution is -0.136. The Hall–Kier alpha value is -2.69. The number of carboxylic acid groups (broad SMARTS) is 1. The van der Waals surface area contributed by atoms with Crippen LogP contribution < -0.4 is 0 Å². The number of hydrogen-bond acceptors (Lipinski definition) is 1. The summed E-state index contributed by atoms with van der Waals surface area (Å²) in [6.45, 7) is 0. The van der Waals surface area contributed by atoms with E-state index in [1.807, 2.05) is 0 Å². The predicted octanol–water partition coefficient (Wildman–Crippen LogP) is 4.13. The van der Waals surface area contributed by atoms with Crippen molar-refractivity contribution in [2.45, 2.75) is 12.8 Å². The molecule has 0 fully saturated rings. The summed E-state index contributed by atoms with van der Waals surface area (Å²) >= 11 is 0. The summed E-state index contributed by atoms with van der Waals surface area (Å²) < 4.78 is 26.6. The van der Waals surface area contributed by atoms with E-state index in [-0.39, 0.29) is 24.5 Å². The SMILES string of the molecule is O=C(O)CCc1c(-c2ccc(F)cc2)[nH]c2ccc(F)cc12. The number of carbonyl (C=O) groups is 1. The fourth-order valence-electron chi connectivity index (χ4n) is 2.57. The van der Waals surface area contributed by atoms with E-state index < -0.39 is 5.97 Å². The lowest BCUT2D eigenvalue weighted by Crippen LogP contribution is -1.98. The molecule has 5 heteroatoms. The molecule has 22 heavy (non-hydrogen) atoms. The fourth-order valence-corrected chi connectivity index (χ4v) is 2.57. The zero-order valence-electron chi connectivity index (χ0n) is 11.6. The molecule has 0 radical (unpaired) electrons. The number of carboxylic acids is 1. The molecule has 112 valence electrons. The van der Waals surface area contributed by atoms with Crippen LogP contribution in [0.4, 0.5) is 8.78 Å². The van der Waals surface area contributed by atoms with Gasteiger partial charge in [-0.05, 0) is 60.0 Å². The van der Waals surface area contributed by atoms with Crippen LogP contribution in [-0.2, 0) is 11.2 Å². The molecule has 0 unspecified atom stereocenters. The molecule has 0 amide bonds. The molecule has 0 aliphatic rings. The molecule has 3 rings (SSSR count). The van der Waals surface area contributed by atoms with E-state index in [9.17, 15) is 13.6 Å². The van der Waals surface area contributed by atoms with Crippen molar-refractivity contribution in [3.8, 4) is 11.3 Å². The summed E-state index contributed by atoms with van der Waals surface area (Å²) in [5.74, 6) is -1.65.